The van der Waals surface area contributed by atoms with Crippen LogP contribution in [-0.2, 0) is 65.4 Å². The molecular weight excluding hydrogens is 1340 g/mol. The molecule has 0 spiro atoms. The van der Waals surface area contributed by atoms with Gasteiger partial charge in [0.25, 0.3) is 0 Å². The van der Waals surface area contributed by atoms with Crippen LogP contribution in [0.5, 0.6) is 0 Å². The molecule has 103 heavy (non-hydrogen) atoms. The summed E-state index contributed by atoms with van der Waals surface area (Å²) in [6.45, 7) is 11.9. The Morgan fingerprint density at radius 1 is 0.301 bits per heavy atom. The van der Waals surface area contributed by atoms with Gasteiger partial charge < -0.3 is 33.8 Å². The molecule has 0 saturated heterocycles. The number of rotatable bonds is 80. The highest BCUT2D eigenvalue weighted by atomic mass is 31.2. The molecule has 0 saturated carbocycles. The molecule has 0 rings (SSSR count). The predicted octanol–water partition coefficient (Wildman–Crippen LogP) is 24.9. The van der Waals surface area contributed by atoms with Crippen LogP contribution in [-0.4, -0.2) is 96.7 Å². The van der Waals surface area contributed by atoms with Gasteiger partial charge in [-0.1, -0.05) is 362 Å². The molecule has 608 valence electrons. The summed E-state index contributed by atoms with van der Waals surface area (Å²) in [6.07, 6.45) is 66.1. The first kappa shape index (κ1) is 101. The first-order valence-electron chi connectivity index (χ1n) is 42.7. The standard InChI is InChI=1S/C84H160O17P2/c1-8-9-10-11-12-13-14-15-19-27-32-37-46-53-60-67-84(89)101-80(72-95-82(87)66-59-52-45-40-39-43-50-57-64-77(6)7)74-99-103(92,93)97-70-78(85)69-96-102(90,91)98-73-79(71-94-81(86)65-58-51-44-36-31-26-23-18-21-25-30-35-42-49-56-63-76(4)5)100-83(88)68-61-54-47-38-33-28-22-17-16-20-24-29-34-41-48-55-62-75(2)3/h13-15,19,75-80,85H,8-12,16-18,20-74H2,1-7H3,(H,90,91)(H,92,93)/b14-13-,19-15-/t78-,79-,80-/m1/s1. The first-order valence-corrected chi connectivity index (χ1v) is 45.7. The summed E-state index contributed by atoms with van der Waals surface area (Å²) in [7, 11) is -9.94. The summed E-state index contributed by atoms with van der Waals surface area (Å²) in [5.41, 5.74) is 0. The van der Waals surface area contributed by atoms with Crippen LogP contribution in [0.3, 0.4) is 0 Å². The zero-order valence-electron chi connectivity index (χ0n) is 67.3. The Hall–Kier alpha value is -2.46. The number of ether oxygens (including phenoxy) is 4. The minimum absolute atomic E-state index is 0.0845. The van der Waals surface area contributed by atoms with Crippen molar-refractivity contribution in [1.82, 2.24) is 0 Å². The highest BCUT2D eigenvalue weighted by molar-refractivity contribution is 7.47. The van der Waals surface area contributed by atoms with Crippen molar-refractivity contribution >= 4 is 39.5 Å². The van der Waals surface area contributed by atoms with E-state index in [2.05, 4.69) is 72.8 Å². The molecule has 0 aromatic rings. The molecular formula is C84H160O17P2. The SMILES string of the molecule is CCCCCC/C=C\C=C/CCCCCCCC(=O)O[C@H](COC(=O)CCCCCCCCCCC(C)C)COP(=O)(O)OC[C@H](O)COP(=O)(O)OC[C@@H](COC(=O)CCCCCCCCCCCCCCCCCC(C)C)OC(=O)CCCCCCCCCCCCCCCCCCC(C)C. The van der Waals surface area contributed by atoms with Gasteiger partial charge in [0.15, 0.2) is 12.2 Å². The molecule has 19 heteroatoms. The maximum atomic E-state index is 13.1. The van der Waals surface area contributed by atoms with Gasteiger partial charge in [0.05, 0.1) is 26.4 Å². The van der Waals surface area contributed by atoms with Crippen molar-refractivity contribution in [3.63, 3.8) is 0 Å². The van der Waals surface area contributed by atoms with Crippen molar-refractivity contribution < 1.29 is 80.2 Å². The zero-order chi connectivity index (χ0) is 75.8. The summed E-state index contributed by atoms with van der Waals surface area (Å²) in [6, 6.07) is 0. The summed E-state index contributed by atoms with van der Waals surface area (Å²) in [4.78, 5) is 73.1. The Bertz CT molecular complexity index is 2090. The van der Waals surface area contributed by atoms with Gasteiger partial charge in [-0.2, -0.15) is 0 Å². The van der Waals surface area contributed by atoms with E-state index < -0.39 is 97.5 Å². The van der Waals surface area contributed by atoms with Crippen LogP contribution in [0.25, 0.3) is 0 Å². The number of esters is 4. The van der Waals surface area contributed by atoms with Crippen LogP contribution in [0.2, 0.25) is 0 Å². The molecule has 0 aliphatic heterocycles. The number of phosphoric acid groups is 2. The van der Waals surface area contributed by atoms with E-state index in [-0.39, 0.29) is 25.7 Å². The Morgan fingerprint density at radius 3 is 0.786 bits per heavy atom. The van der Waals surface area contributed by atoms with E-state index in [1.54, 1.807) is 0 Å². The number of aliphatic hydroxyl groups is 1. The topological polar surface area (TPSA) is 237 Å². The van der Waals surface area contributed by atoms with E-state index in [0.29, 0.717) is 25.7 Å². The third-order valence-corrected chi connectivity index (χ3v) is 20.9. The number of aliphatic hydroxyl groups excluding tert-OH is 1. The van der Waals surface area contributed by atoms with Crippen LogP contribution in [0.4, 0.5) is 0 Å². The molecule has 0 radical (unpaired) electrons. The average molecular weight is 1500 g/mol. The quantitative estimate of drug-likeness (QED) is 0.0169. The van der Waals surface area contributed by atoms with E-state index in [9.17, 15) is 43.2 Å². The maximum absolute atomic E-state index is 13.1. The monoisotopic (exact) mass is 1500 g/mol. The number of allylic oxidation sites excluding steroid dienone is 4. The predicted molar refractivity (Wildman–Crippen MR) is 423 cm³/mol. The van der Waals surface area contributed by atoms with Gasteiger partial charge >= 0.3 is 39.5 Å². The number of carbonyl (C=O) groups is 4. The lowest BCUT2D eigenvalue weighted by atomic mass is 10.0. The molecule has 5 atom stereocenters. The Morgan fingerprint density at radius 2 is 0.524 bits per heavy atom. The fourth-order valence-corrected chi connectivity index (χ4v) is 14.1. The van der Waals surface area contributed by atoms with E-state index >= 15 is 0 Å². The number of phosphoric ester groups is 2. The lowest BCUT2D eigenvalue weighted by molar-refractivity contribution is -0.161. The Kier molecular flexibility index (Phi) is 71.9. The second-order valence-electron chi connectivity index (χ2n) is 31.0. The van der Waals surface area contributed by atoms with E-state index in [0.717, 1.165) is 127 Å². The van der Waals surface area contributed by atoms with E-state index in [4.69, 9.17) is 37.0 Å². The lowest BCUT2D eigenvalue weighted by Crippen LogP contribution is -2.30. The summed E-state index contributed by atoms with van der Waals surface area (Å²) < 4.78 is 68.8. The molecule has 17 nitrogen and oxygen atoms in total. The normalized spacial score (nSPS) is 14.1. The molecule has 0 fully saturated rings. The molecule has 0 bridgehead atoms. The second kappa shape index (κ2) is 73.7. The third-order valence-electron chi connectivity index (χ3n) is 19.0. The van der Waals surface area contributed by atoms with Gasteiger partial charge in [0.1, 0.15) is 19.3 Å². The molecule has 0 aliphatic carbocycles. The zero-order valence-corrected chi connectivity index (χ0v) is 69.1. The minimum Gasteiger partial charge on any atom is -0.462 e. The molecule has 0 heterocycles. The smallest absolute Gasteiger partial charge is 0.462 e. The van der Waals surface area contributed by atoms with Crippen molar-refractivity contribution in [2.24, 2.45) is 17.8 Å². The summed E-state index contributed by atoms with van der Waals surface area (Å²) in [5.74, 6) is 0.198. The molecule has 0 aromatic heterocycles. The molecule has 2 unspecified atom stereocenters. The number of carbonyl (C=O) groups excluding carboxylic acids is 4. The summed E-state index contributed by atoms with van der Waals surface area (Å²) >= 11 is 0. The highest BCUT2D eigenvalue weighted by Gasteiger charge is 2.30. The first-order chi connectivity index (χ1) is 49.7. The van der Waals surface area contributed by atoms with Crippen LogP contribution >= 0.6 is 15.6 Å². The van der Waals surface area contributed by atoms with Crippen molar-refractivity contribution in [2.75, 3.05) is 39.6 Å². The van der Waals surface area contributed by atoms with E-state index in [1.807, 2.05) is 0 Å². The number of hydrogen-bond acceptors (Lipinski definition) is 15. The molecule has 0 amide bonds. The van der Waals surface area contributed by atoms with Crippen LogP contribution in [0.1, 0.15) is 414 Å². The maximum Gasteiger partial charge on any atom is 0.472 e. The van der Waals surface area contributed by atoms with Gasteiger partial charge in [-0.25, -0.2) is 9.13 Å². The highest BCUT2D eigenvalue weighted by Crippen LogP contribution is 2.45. The fraction of sp³-hybridized carbons (Fsp3) is 0.905. The minimum atomic E-state index is -4.97. The third kappa shape index (κ3) is 77.5. The molecule has 0 aromatic carbocycles. The van der Waals surface area contributed by atoms with Crippen molar-refractivity contribution in [1.29, 1.82) is 0 Å². The Balaban J connectivity index is 5.28. The van der Waals surface area contributed by atoms with E-state index in [1.165, 1.54) is 205 Å². The lowest BCUT2D eigenvalue weighted by Gasteiger charge is -2.21. The second-order valence-corrected chi connectivity index (χ2v) is 33.9. The number of unbranched alkanes of at least 4 members (excludes halogenated alkanes) is 45. The van der Waals surface area contributed by atoms with Crippen molar-refractivity contribution in [2.45, 2.75) is 433 Å². The van der Waals surface area contributed by atoms with Gasteiger partial charge in [-0.3, -0.25) is 37.3 Å². The number of hydrogen-bond donors (Lipinski definition) is 3. The van der Waals surface area contributed by atoms with Gasteiger partial charge in [-0.05, 0) is 69.1 Å². The Labute approximate surface area is 631 Å². The largest absolute Gasteiger partial charge is 0.472 e. The van der Waals surface area contributed by atoms with Gasteiger partial charge in [0, 0.05) is 25.7 Å². The van der Waals surface area contributed by atoms with Crippen LogP contribution in [0.15, 0.2) is 24.3 Å². The molecule has 0 aliphatic rings. The van der Waals surface area contributed by atoms with Gasteiger partial charge in [-0.15, -0.1) is 0 Å². The average Bonchev–Trinajstić information content (AvgIpc) is 0.916. The molecule has 3 N–H and O–H groups in total. The fourth-order valence-electron chi connectivity index (χ4n) is 12.5. The van der Waals surface area contributed by atoms with Crippen molar-refractivity contribution in [3.8, 4) is 0 Å². The van der Waals surface area contributed by atoms with Crippen molar-refractivity contribution in [3.05, 3.63) is 24.3 Å². The van der Waals surface area contributed by atoms with Crippen LogP contribution < -0.4 is 0 Å². The van der Waals surface area contributed by atoms with Gasteiger partial charge in [0.2, 0.25) is 0 Å². The summed E-state index contributed by atoms with van der Waals surface area (Å²) in [5, 5.41) is 10.7. The van der Waals surface area contributed by atoms with Crippen LogP contribution in [0, 0.1) is 17.8 Å².